The minimum Gasteiger partial charge on any atom is -0.493 e. The average Bonchev–Trinajstić information content (AvgIpc) is 3.30. The summed E-state index contributed by atoms with van der Waals surface area (Å²) in [6.07, 6.45) is 7.39. The normalized spacial score (nSPS) is 13.7. The molecule has 0 radical (unpaired) electrons. The lowest BCUT2D eigenvalue weighted by atomic mass is 10.1. The van der Waals surface area contributed by atoms with Gasteiger partial charge < -0.3 is 24.4 Å². The van der Waals surface area contributed by atoms with Crippen LogP contribution in [0.3, 0.4) is 0 Å². The van der Waals surface area contributed by atoms with Crippen molar-refractivity contribution in [2.24, 2.45) is 0 Å². The van der Waals surface area contributed by atoms with Crippen molar-refractivity contribution in [3.63, 3.8) is 0 Å². The molecular formula is C23H30N6O4S. The number of rotatable bonds is 9. The number of thioether (sulfide) groups is 1. The second-order valence-corrected chi connectivity index (χ2v) is 8.63. The number of aromatic nitrogens is 4. The highest BCUT2D eigenvalue weighted by Crippen LogP contribution is 2.38. The van der Waals surface area contributed by atoms with Crippen LogP contribution in [0.5, 0.6) is 17.2 Å². The number of anilines is 1. The number of carbonyl (C=O) groups is 1. The predicted octanol–water partition coefficient (Wildman–Crippen LogP) is 2.99. The van der Waals surface area contributed by atoms with E-state index in [2.05, 4.69) is 15.3 Å². The third kappa shape index (κ3) is 4.84. The number of benzene rings is 1. The van der Waals surface area contributed by atoms with Crippen LogP contribution in [-0.4, -0.2) is 72.9 Å². The van der Waals surface area contributed by atoms with Gasteiger partial charge in [-0.1, -0.05) is 11.8 Å². The summed E-state index contributed by atoms with van der Waals surface area (Å²) in [7, 11) is 4.56. The maximum Gasteiger partial charge on any atom is 0.251 e. The Morgan fingerprint density at radius 2 is 1.76 bits per heavy atom. The molecule has 11 heteroatoms. The van der Waals surface area contributed by atoms with Crippen molar-refractivity contribution in [2.45, 2.75) is 31.0 Å². The van der Waals surface area contributed by atoms with Crippen molar-refractivity contribution in [3.8, 4) is 17.2 Å². The third-order valence-corrected chi connectivity index (χ3v) is 6.38. The molecule has 1 saturated heterocycles. The van der Waals surface area contributed by atoms with E-state index in [9.17, 15) is 4.79 Å². The number of nitrogens with one attached hydrogen (secondary N) is 1. The van der Waals surface area contributed by atoms with Crippen LogP contribution in [0.2, 0.25) is 0 Å². The van der Waals surface area contributed by atoms with Crippen molar-refractivity contribution in [1.82, 2.24) is 25.1 Å². The summed E-state index contributed by atoms with van der Waals surface area (Å²) in [4.78, 5) is 24.6. The first-order valence-corrected chi connectivity index (χ1v) is 12.4. The fourth-order valence-corrected chi connectivity index (χ4v) is 4.47. The van der Waals surface area contributed by atoms with E-state index in [4.69, 9.17) is 24.2 Å². The van der Waals surface area contributed by atoms with Gasteiger partial charge in [-0.05, 0) is 37.7 Å². The lowest BCUT2D eigenvalue weighted by Crippen LogP contribution is -2.30. The Morgan fingerprint density at radius 1 is 1.06 bits per heavy atom. The number of hydrogen-bond donors (Lipinski definition) is 1. The number of carbonyl (C=O) groups excluding carboxylic acids is 1. The molecule has 0 aliphatic carbocycles. The van der Waals surface area contributed by atoms with Crippen molar-refractivity contribution in [3.05, 3.63) is 23.9 Å². The van der Waals surface area contributed by atoms with Crippen LogP contribution < -0.4 is 24.4 Å². The summed E-state index contributed by atoms with van der Waals surface area (Å²) in [6, 6.07) is 3.26. The van der Waals surface area contributed by atoms with E-state index in [0.29, 0.717) is 35.9 Å². The Kier molecular flexibility index (Phi) is 7.61. The van der Waals surface area contributed by atoms with Gasteiger partial charge in [0.2, 0.25) is 5.75 Å². The van der Waals surface area contributed by atoms with Crippen molar-refractivity contribution in [1.29, 1.82) is 0 Å². The maximum absolute atomic E-state index is 12.8. The largest absolute Gasteiger partial charge is 0.493 e. The molecule has 1 aliphatic rings. The van der Waals surface area contributed by atoms with Gasteiger partial charge in [0.25, 0.3) is 5.91 Å². The molecule has 0 bridgehead atoms. The minimum absolute atomic E-state index is 0.246. The molecule has 4 rings (SSSR count). The molecule has 182 valence electrons. The Labute approximate surface area is 203 Å². The molecule has 1 aliphatic heterocycles. The van der Waals surface area contributed by atoms with Crippen LogP contribution in [0.15, 0.2) is 23.5 Å². The lowest BCUT2D eigenvalue weighted by molar-refractivity contribution is 0.0951. The van der Waals surface area contributed by atoms with E-state index in [1.165, 1.54) is 52.4 Å². The number of fused-ring (bicyclic) bond motifs is 1. The first-order valence-electron chi connectivity index (χ1n) is 11.2. The van der Waals surface area contributed by atoms with E-state index < -0.39 is 0 Å². The number of methoxy groups -OCH3 is 3. The van der Waals surface area contributed by atoms with Crippen LogP contribution >= 0.6 is 11.8 Å². The summed E-state index contributed by atoms with van der Waals surface area (Å²) < 4.78 is 17.8. The highest BCUT2D eigenvalue weighted by molar-refractivity contribution is 7.98. The topological polar surface area (TPSA) is 104 Å². The zero-order valence-corrected chi connectivity index (χ0v) is 20.8. The highest BCUT2D eigenvalue weighted by atomic mass is 32.2. The Morgan fingerprint density at radius 3 is 2.38 bits per heavy atom. The molecule has 1 amide bonds. The Bertz CT molecular complexity index is 1140. The summed E-state index contributed by atoms with van der Waals surface area (Å²) in [5.74, 6) is 2.00. The second kappa shape index (κ2) is 10.8. The van der Waals surface area contributed by atoms with Gasteiger partial charge in [0, 0.05) is 25.2 Å². The fraction of sp³-hybridized carbons (Fsp3) is 0.478. The number of nitrogens with zero attached hydrogens (tertiary/aromatic N) is 5. The van der Waals surface area contributed by atoms with E-state index in [0.717, 1.165) is 35.1 Å². The van der Waals surface area contributed by atoms with Crippen LogP contribution in [-0.2, 0) is 6.54 Å². The van der Waals surface area contributed by atoms with Gasteiger partial charge in [0.1, 0.15) is 5.82 Å². The molecule has 1 fully saturated rings. The van der Waals surface area contributed by atoms with Crippen molar-refractivity contribution in [2.75, 3.05) is 52.1 Å². The zero-order valence-electron chi connectivity index (χ0n) is 20.0. The zero-order chi connectivity index (χ0) is 24.1. The SMILES string of the molecule is COc1cc(C(=O)NCCn2ncc3c(N4CCCCC4)nc(SC)nc32)cc(OC)c1OC. The number of amides is 1. The van der Waals surface area contributed by atoms with Crippen LogP contribution in [0.4, 0.5) is 5.82 Å². The highest BCUT2D eigenvalue weighted by Gasteiger charge is 2.20. The van der Waals surface area contributed by atoms with Gasteiger partial charge in [-0.2, -0.15) is 5.10 Å². The fourth-order valence-electron chi connectivity index (χ4n) is 4.11. The van der Waals surface area contributed by atoms with Crippen LogP contribution in [0.25, 0.3) is 11.0 Å². The van der Waals surface area contributed by atoms with Gasteiger partial charge in [-0.25, -0.2) is 14.6 Å². The molecule has 0 saturated carbocycles. The molecule has 0 atom stereocenters. The Balaban J connectivity index is 1.50. The Hall–Kier alpha value is -3.21. The summed E-state index contributed by atoms with van der Waals surface area (Å²) in [5, 5.41) is 9.14. The summed E-state index contributed by atoms with van der Waals surface area (Å²) in [6.45, 7) is 2.85. The van der Waals surface area contributed by atoms with Gasteiger partial charge in [-0.15, -0.1) is 0 Å². The average molecular weight is 487 g/mol. The molecule has 10 nitrogen and oxygen atoms in total. The van der Waals surface area contributed by atoms with Gasteiger partial charge in [-0.3, -0.25) is 4.79 Å². The summed E-state index contributed by atoms with van der Waals surface area (Å²) >= 11 is 1.52. The molecule has 3 aromatic rings. The molecule has 0 unspecified atom stereocenters. The molecule has 0 spiro atoms. The monoisotopic (exact) mass is 486 g/mol. The van der Waals surface area contributed by atoms with Crippen molar-refractivity contribution < 1.29 is 19.0 Å². The van der Waals surface area contributed by atoms with E-state index in [-0.39, 0.29) is 5.91 Å². The van der Waals surface area contributed by atoms with Crippen molar-refractivity contribution >= 4 is 34.5 Å². The first kappa shape index (κ1) is 23.9. The molecular weight excluding hydrogens is 456 g/mol. The van der Waals surface area contributed by atoms with Gasteiger partial charge in [0.05, 0.1) is 39.5 Å². The van der Waals surface area contributed by atoms with Crippen LogP contribution in [0.1, 0.15) is 29.6 Å². The van der Waals surface area contributed by atoms with Crippen LogP contribution in [0, 0.1) is 0 Å². The molecule has 34 heavy (non-hydrogen) atoms. The number of hydrogen-bond acceptors (Lipinski definition) is 9. The van der Waals surface area contributed by atoms with Gasteiger partial charge in [0.15, 0.2) is 22.3 Å². The number of ether oxygens (including phenoxy) is 3. The first-order chi connectivity index (χ1) is 16.6. The molecule has 3 heterocycles. The smallest absolute Gasteiger partial charge is 0.251 e. The predicted molar refractivity (Wildman–Crippen MR) is 132 cm³/mol. The number of piperidine rings is 1. The van der Waals surface area contributed by atoms with Gasteiger partial charge >= 0.3 is 0 Å². The molecule has 2 aromatic heterocycles. The van der Waals surface area contributed by atoms with E-state index in [1.807, 2.05) is 17.1 Å². The maximum atomic E-state index is 12.8. The third-order valence-electron chi connectivity index (χ3n) is 5.83. The quantitative estimate of drug-likeness (QED) is 0.361. The lowest BCUT2D eigenvalue weighted by Gasteiger charge is -2.28. The summed E-state index contributed by atoms with van der Waals surface area (Å²) in [5.41, 5.74) is 1.20. The molecule has 1 aromatic carbocycles. The van der Waals surface area contributed by atoms with E-state index >= 15 is 0 Å². The molecule has 1 N–H and O–H groups in total. The van der Waals surface area contributed by atoms with E-state index in [1.54, 1.807) is 12.1 Å². The minimum atomic E-state index is -0.246. The second-order valence-electron chi connectivity index (χ2n) is 7.86. The standard InChI is InChI=1S/C23H30N6O4S/c1-31-17-12-15(13-18(32-2)19(17)33-3)22(30)24-8-11-29-21-16(14-25-29)20(26-23(27-21)34-4)28-9-6-5-7-10-28/h12-14H,5-11H2,1-4H3,(H,24,30).